The molecule has 0 spiro atoms. The van der Waals surface area contributed by atoms with Crippen molar-refractivity contribution >= 4 is 93.7 Å². The number of hydrogen-bond donors (Lipinski definition) is 18. The number of carboxylic acids is 1. The van der Waals surface area contributed by atoms with Gasteiger partial charge in [-0.25, -0.2) is 4.79 Å². The fourth-order valence-corrected chi connectivity index (χ4v) is 10.4. The van der Waals surface area contributed by atoms with E-state index in [4.69, 9.17) is 34.4 Å². The van der Waals surface area contributed by atoms with Crippen LogP contribution < -0.4 is 71.6 Å². The summed E-state index contributed by atoms with van der Waals surface area (Å²) in [6, 6.07) is -2.89. The summed E-state index contributed by atoms with van der Waals surface area (Å²) in [7, 11) is 0. The van der Waals surface area contributed by atoms with E-state index in [1.54, 1.807) is 30.5 Å². The molecule has 2 fully saturated rings. The van der Waals surface area contributed by atoms with Crippen LogP contribution in [-0.2, 0) is 75.2 Å². The normalized spacial score (nSPS) is 17.5. The third-order valence-electron chi connectivity index (χ3n) is 15.2. The molecule has 34 nitrogen and oxygen atoms in total. The minimum Gasteiger partial charge on any atom is -0.508 e. The Kier molecular flexibility index (Phi) is 26.9. The fraction of sp³-hybridized carbons (Fsp3) is 0.509. The molecule has 0 bridgehead atoms. The highest BCUT2D eigenvalue weighted by Gasteiger charge is 2.45. The van der Waals surface area contributed by atoms with Gasteiger partial charge >= 0.3 is 5.97 Å². The third kappa shape index (κ3) is 21.4. The highest BCUT2D eigenvalue weighted by atomic mass is 16.4. The number of aliphatic carboxylic acids is 1. The number of carbonyl (C=O) groups excluding carboxylic acids is 12. The molecule has 34 heteroatoms. The van der Waals surface area contributed by atoms with Crippen molar-refractivity contribution in [2.24, 2.45) is 39.4 Å². The molecule has 24 N–H and O–H groups in total. The molecule has 496 valence electrons. The number of phenolic OH excluding ortho intramolecular Hbond substituents is 1. The van der Waals surface area contributed by atoms with Crippen molar-refractivity contribution in [2.75, 3.05) is 26.2 Å². The number of aromatic amines is 1. The van der Waals surface area contributed by atoms with Gasteiger partial charge in [0.15, 0.2) is 12.0 Å². The number of aromatic hydroxyl groups is 1. The third-order valence-corrected chi connectivity index (χ3v) is 15.2. The largest absolute Gasteiger partial charge is 0.508 e. The molecule has 12 amide bonds. The zero-order valence-corrected chi connectivity index (χ0v) is 50.0. The lowest BCUT2D eigenvalue weighted by Crippen LogP contribution is -2.61. The van der Waals surface area contributed by atoms with Crippen molar-refractivity contribution in [1.29, 1.82) is 0 Å². The number of amides is 12. The van der Waals surface area contributed by atoms with Crippen LogP contribution in [0, 0.1) is 0 Å². The summed E-state index contributed by atoms with van der Waals surface area (Å²) in [5, 5.41) is 57.6. The number of nitrogens with one attached hydrogen (secondary N) is 8. The van der Waals surface area contributed by atoms with Crippen LogP contribution in [-0.4, -0.2) is 211 Å². The van der Waals surface area contributed by atoms with E-state index in [1.807, 2.05) is 0 Å². The highest BCUT2D eigenvalue weighted by molar-refractivity contribution is 6.00. The molecule has 0 saturated carbocycles. The number of carbonyl (C=O) groups is 13. The van der Waals surface area contributed by atoms with Gasteiger partial charge in [-0.1, -0.05) is 30.3 Å². The second-order valence-corrected chi connectivity index (χ2v) is 22.2. The fourth-order valence-electron chi connectivity index (χ4n) is 10.4. The molecule has 3 heterocycles. The van der Waals surface area contributed by atoms with Crippen LogP contribution in [0.2, 0.25) is 0 Å². The first-order valence-electron chi connectivity index (χ1n) is 29.3. The minimum atomic E-state index is -1.93. The van der Waals surface area contributed by atoms with E-state index in [-0.39, 0.29) is 89.1 Å². The number of phenols is 1. The predicted molar refractivity (Wildman–Crippen MR) is 322 cm³/mol. The Labute approximate surface area is 521 Å². The summed E-state index contributed by atoms with van der Waals surface area (Å²) in [5.41, 5.74) is 34.5. The molecule has 11 atom stereocenters. The molecule has 0 aliphatic carbocycles. The second kappa shape index (κ2) is 34.1. The van der Waals surface area contributed by atoms with Crippen LogP contribution in [0.4, 0.5) is 0 Å². The predicted octanol–water partition coefficient (Wildman–Crippen LogP) is -6.72. The van der Waals surface area contributed by atoms with E-state index in [0.29, 0.717) is 28.5 Å². The first-order chi connectivity index (χ1) is 43.1. The van der Waals surface area contributed by atoms with Gasteiger partial charge in [0, 0.05) is 62.4 Å². The van der Waals surface area contributed by atoms with Crippen LogP contribution in [0.3, 0.4) is 0 Å². The number of likely N-dealkylation sites (tertiary alicyclic amines) is 2. The van der Waals surface area contributed by atoms with Crippen LogP contribution in [0.1, 0.15) is 88.7 Å². The zero-order valence-electron chi connectivity index (χ0n) is 50.0. The van der Waals surface area contributed by atoms with Crippen molar-refractivity contribution in [3.63, 3.8) is 0 Å². The number of guanidine groups is 1. The molecule has 1 aromatic heterocycles. The Morgan fingerprint density at radius 2 is 1.18 bits per heavy atom. The number of H-pyrrole nitrogens is 1. The van der Waals surface area contributed by atoms with Crippen LogP contribution in [0.25, 0.3) is 10.9 Å². The van der Waals surface area contributed by atoms with Gasteiger partial charge in [-0.2, -0.15) is 0 Å². The van der Waals surface area contributed by atoms with E-state index in [9.17, 15) is 78.0 Å². The van der Waals surface area contributed by atoms with Gasteiger partial charge in [0.1, 0.15) is 54.1 Å². The minimum absolute atomic E-state index is 0.00153. The Bertz CT molecular complexity index is 3170. The van der Waals surface area contributed by atoms with Gasteiger partial charge in [-0.15, -0.1) is 0 Å². The molecule has 2 aliphatic heterocycles. The molecule has 0 radical (unpaired) electrons. The monoisotopic (exact) mass is 1280 g/mol. The van der Waals surface area contributed by atoms with Crippen molar-refractivity contribution in [2.45, 2.75) is 157 Å². The standard InChI is InChI=1S/C57H81N17O17/c1-28(76)46(56(90)91)72-51(85)37(23-29-12-14-31(77)15-13-29)69-53(87)41-10-5-21-73(41)55(89)42-11-6-22-74(42)54(88)39(24-30-26-65-34-8-3-2-7-32(30)34)70-50(84)38(25-45(61)80)68-52(86)40(27-75)71-48(82)35(9-4-20-64-57(62)63)67-49(83)36(17-19-44(60)79)66-47(81)33(58)16-18-43(59)78/h2-3,7-8,12-15,26,28,33,35-42,46,65,75-77H,4-6,9-11,16-25,27,58H2,1H3,(H2,59,78)(H2,60,79)(H2,61,80)(H,66,81)(H,67,83)(H,68,86)(H,69,87)(H,70,84)(H,71,82)(H,72,85)(H,90,91)(H4,62,63,64)/t28-,33+,35+,36+,37+,38+,39+,40+,41+,42+,46+/m1/s1. The first kappa shape index (κ1) is 71.8. The number of aliphatic hydroxyl groups is 2. The van der Waals surface area contributed by atoms with Crippen LogP contribution >= 0.6 is 0 Å². The molecule has 91 heavy (non-hydrogen) atoms. The number of hydrogen-bond acceptors (Lipinski definition) is 18. The summed E-state index contributed by atoms with van der Waals surface area (Å²) >= 11 is 0. The number of nitrogens with zero attached hydrogens (tertiary/aromatic N) is 3. The van der Waals surface area contributed by atoms with Crippen molar-refractivity contribution < 1.29 is 82.8 Å². The summed E-state index contributed by atoms with van der Waals surface area (Å²) in [5.74, 6) is -13.5. The topological polar surface area (TPSA) is 578 Å². The molecule has 2 aliphatic rings. The summed E-state index contributed by atoms with van der Waals surface area (Å²) in [6.45, 7) is -0.0669. The molecule has 3 aromatic rings. The number of carboxylic acid groups (broad SMARTS) is 1. The molecule has 0 unspecified atom stereocenters. The quantitative estimate of drug-likeness (QED) is 0.0148. The lowest BCUT2D eigenvalue weighted by atomic mass is 10.0. The van der Waals surface area contributed by atoms with Crippen LogP contribution in [0.15, 0.2) is 59.7 Å². The van der Waals surface area contributed by atoms with Crippen molar-refractivity contribution in [3.8, 4) is 5.75 Å². The summed E-state index contributed by atoms with van der Waals surface area (Å²) in [4.78, 5) is 184. The molecule has 5 rings (SSSR count). The number of para-hydroxylation sites is 1. The van der Waals surface area contributed by atoms with Crippen LogP contribution in [0.5, 0.6) is 5.75 Å². The smallest absolute Gasteiger partial charge is 0.328 e. The Hall–Kier alpha value is -9.96. The maximum Gasteiger partial charge on any atom is 0.328 e. The number of aliphatic hydroxyl groups excluding tert-OH is 2. The zero-order chi connectivity index (χ0) is 67.2. The average molecular weight is 1280 g/mol. The number of nitrogens with two attached hydrogens (primary N) is 6. The summed E-state index contributed by atoms with van der Waals surface area (Å²) in [6.07, 6.45) is -2.09. The Balaban J connectivity index is 1.38. The van der Waals surface area contributed by atoms with Gasteiger partial charge in [0.05, 0.1) is 25.2 Å². The van der Waals surface area contributed by atoms with Crippen molar-refractivity contribution in [3.05, 3.63) is 65.9 Å². The number of aromatic nitrogens is 1. The number of rotatable bonds is 35. The lowest BCUT2D eigenvalue weighted by molar-refractivity contribution is -0.148. The Morgan fingerprint density at radius 3 is 1.79 bits per heavy atom. The van der Waals surface area contributed by atoms with E-state index in [1.165, 1.54) is 34.1 Å². The van der Waals surface area contributed by atoms with Gasteiger partial charge in [-0.3, -0.25) is 62.5 Å². The van der Waals surface area contributed by atoms with Gasteiger partial charge in [0.25, 0.3) is 0 Å². The SMILES string of the molecule is C[C@@H](O)[C@H](NC(=O)[C@H](Cc1ccc(O)cc1)NC(=O)[C@@H]1CCCN1C(=O)[C@@H]1CCCN1C(=O)[C@H](Cc1c[nH]c2ccccc12)NC(=O)[C@H](CC(N)=O)NC(=O)[C@H](CO)NC(=O)[C@H](CCCN=C(N)N)NC(=O)[C@H](CCC(N)=O)NC(=O)[C@@H](N)CCC(N)=O)C(=O)O. The highest BCUT2D eigenvalue weighted by Crippen LogP contribution is 2.28. The molecular weight excluding hydrogens is 1190 g/mol. The second-order valence-electron chi connectivity index (χ2n) is 22.2. The lowest BCUT2D eigenvalue weighted by Gasteiger charge is -2.33. The number of aliphatic imine (C=N–C) groups is 1. The van der Waals surface area contributed by atoms with E-state index >= 15 is 4.79 Å². The first-order valence-corrected chi connectivity index (χ1v) is 29.3. The van der Waals surface area contributed by atoms with Gasteiger partial charge < -0.3 is 107 Å². The van der Waals surface area contributed by atoms with Gasteiger partial charge in [-0.05, 0) is 87.6 Å². The average Bonchev–Trinajstić information content (AvgIpc) is 2.30. The number of benzene rings is 2. The molecule has 2 saturated heterocycles. The van der Waals surface area contributed by atoms with Crippen molar-refractivity contribution in [1.82, 2.24) is 52.0 Å². The van der Waals surface area contributed by atoms with Gasteiger partial charge in [0.2, 0.25) is 70.9 Å². The van der Waals surface area contributed by atoms with E-state index in [0.717, 1.165) is 6.92 Å². The molecular formula is C57H81N17O17. The number of primary amides is 3. The maximum absolute atomic E-state index is 15.1. The van der Waals surface area contributed by atoms with E-state index < -0.39 is 169 Å². The number of fused-ring (bicyclic) bond motifs is 1. The van der Waals surface area contributed by atoms with E-state index in [2.05, 4.69) is 47.2 Å². The maximum atomic E-state index is 15.1. The molecule has 2 aromatic carbocycles. The Morgan fingerprint density at radius 1 is 0.626 bits per heavy atom. The summed E-state index contributed by atoms with van der Waals surface area (Å²) < 4.78 is 0.